The van der Waals surface area contributed by atoms with E-state index in [1.54, 1.807) is 37.2 Å². The minimum Gasteiger partial charge on any atom is -0.313 e. The highest BCUT2D eigenvalue weighted by Crippen LogP contribution is 2.31. The Kier molecular flexibility index (Phi) is 8.40. The van der Waals surface area contributed by atoms with E-state index in [2.05, 4.69) is 9.98 Å². The molecule has 0 radical (unpaired) electrons. The van der Waals surface area contributed by atoms with Crippen molar-refractivity contribution in [3.05, 3.63) is 134 Å². The summed E-state index contributed by atoms with van der Waals surface area (Å²) >= 11 is 6.11. The monoisotopic (exact) mass is 597 g/mol. The maximum atomic E-state index is 14.1. The van der Waals surface area contributed by atoms with E-state index < -0.39 is 10.7 Å². The first-order valence-electron chi connectivity index (χ1n) is 13.2. The van der Waals surface area contributed by atoms with Gasteiger partial charge in [-0.2, -0.15) is 0 Å². The Morgan fingerprint density at radius 3 is 1.93 bits per heavy atom. The van der Waals surface area contributed by atoms with Gasteiger partial charge in [-0.05, 0) is 36.4 Å². The Hall–Kier alpha value is -5.22. The third-order valence-electron chi connectivity index (χ3n) is 7.05. The van der Waals surface area contributed by atoms with Gasteiger partial charge in [-0.3, -0.25) is 29.7 Å². The number of non-ortho nitro benzene ring substituents is 1. The molecule has 0 bridgehead atoms. The molecule has 9 nitrogen and oxygen atoms in total. The van der Waals surface area contributed by atoms with Crippen LogP contribution in [0, 0.1) is 15.9 Å². The number of amides is 2. The van der Waals surface area contributed by atoms with Crippen molar-refractivity contribution in [3.63, 3.8) is 0 Å². The maximum Gasteiger partial charge on any atom is 0.270 e. The van der Waals surface area contributed by atoms with E-state index in [-0.39, 0.29) is 41.9 Å². The molecule has 0 fully saturated rings. The minimum absolute atomic E-state index is 0.0282. The van der Waals surface area contributed by atoms with Crippen LogP contribution in [0.5, 0.6) is 0 Å². The molecule has 0 N–H and O–H groups in total. The number of hydrogen-bond acceptors (Lipinski definition) is 6. The minimum atomic E-state index is -0.536. The zero-order valence-electron chi connectivity index (χ0n) is 23.2. The summed E-state index contributed by atoms with van der Waals surface area (Å²) in [7, 11) is 3.32. The highest BCUT2D eigenvalue weighted by molar-refractivity contribution is 6.32. The molecule has 0 saturated heterocycles. The normalized spacial score (nSPS) is 14.3. The lowest BCUT2D eigenvalue weighted by Gasteiger charge is -2.18. The van der Waals surface area contributed by atoms with Gasteiger partial charge in [0, 0.05) is 53.5 Å². The average Bonchev–Trinajstić information content (AvgIpc) is 3.21. The number of hydrogen-bond donors (Lipinski definition) is 0. The predicted octanol–water partition coefficient (Wildman–Crippen LogP) is 5.70. The number of halogens is 2. The zero-order valence-corrected chi connectivity index (χ0v) is 24.0. The van der Waals surface area contributed by atoms with Gasteiger partial charge in [0.25, 0.3) is 5.69 Å². The number of benzene rings is 4. The summed E-state index contributed by atoms with van der Waals surface area (Å²) in [4.78, 5) is 46.2. The smallest absolute Gasteiger partial charge is 0.270 e. The first-order chi connectivity index (χ1) is 20.7. The van der Waals surface area contributed by atoms with Crippen molar-refractivity contribution in [3.8, 4) is 0 Å². The number of fused-ring (bicyclic) bond motifs is 2. The molecule has 0 aliphatic carbocycles. The SMILES string of the molecule is CN1C(=O)CN=C(c2ccccc2)c2cc(Cl)ccc21.CN1C(=O)CN=C(c2ccccc2F)c2cc([N+](=O)[O-])ccc21. The fraction of sp³-hybridized carbons (Fsp3) is 0.125. The number of aliphatic imine (C=N–C) groups is 2. The molecule has 216 valence electrons. The Morgan fingerprint density at radius 2 is 1.30 bits per heavy atom. The molecule has 4 aromatic carbocycles. The van der Waals surface area contributed by atoms with Crippen LogP contribution in [0.25, 0.3) is 0 Å². The van der Waals surface area contributed by atoms with E-state index in [1.165, 1.54) is 35.2 Å². The van der Waals surface area contributed by atoms with Crippen molar-refractivity contribution in [1.82, 2.24) is 0 Å². The highest BCUT2D eigenvalue weighted by Gasteiger charge is 2.26. The van der Waals surface area contributed by atoms with Crippen LogP contribution in [-0.4, -0.2) is 55.3 Å². The number of carbonyl (C=O) groups is 2. The van der Waals surface area contributed by atoms with Gasteiger partial charge in [0.05, 0.1) is 27.7 Å². The summed E-state index contributed by atoms with van der Waals surface area (Å²) in [5, 5.41) is 11.7. The fourth-order valence-corrected chi connectivity index (χ4v) is 4.95. The molecule has 0 saturated carbocycles. The molecular formula is C32H25ClFN5O4. The molecule has 2 aliphatic heterocycles. The largest absolute Gasteiger partial charge is 0.313 e. The quantitative estimate of drug-likeness (QED) is 0.223. The number of rotatable bonds is 3. The summed E-state index contributed by atoms with van der Waals surface area (Å²) < 4.78 is 14.1. The second-order valence-corrected chi connectivity index (χ2v) is 10.1. The highest BCUT2D eigenvalue weighted by atomic mass is 35.5. The molecule has 43 heavy (non-hydrogen) atoms. The van der Waals surface area contributed by atoms with Gasteiger partial charge in [-0.15, -0.1) is 0 Å². The van der Waals surface area contributed by atoms with Crippen molar-refractivity contribution in [2.45, 2.75) is 0 Å². The molecule has 4 aromatic rings. The van der Waals surface area contributed by atoms with Crippen LogP contribution in [-0.2, 0) is 9.59 Å². The topological polar surface area (TPSA) is 108 Å². The number of nitro benzene ring substituents is 1. The molecule has 0 atom stereocenters. The third kappa shape index (κ3) is 6.05. The van der Waals surface area contributed by atoms with E-state index in [0.29, 0.717) is 16.3 Å². The fourth-order valence-electron chi connectivity index (χ4n) is 4.78. The van der Waals surface area contributed by atoms with Gasteiger partial charge in [0.2, 0.25) is 11.8 Å². The summed E-state index contributed by atoms with van der Waals surface area (Å²) in [6.45, 7) is -0.00429. The number of anilines is 2. The predicted molar refractivity (Wildman–Crippen MR) is 165 cm³/mol. The molecular weight excluding hydrogens is 573 g/mol. The molecule has 0 unspecified atom stereocenters. The van der Waals surface area contributed by atoms with Crippen molar-refractivity contribution >= 4 is 51.9 Å². The Labute approximate surface area is 251 Å². The number of likely N-dealkylation sites (N-methyl/N-ethyl adjacent to an activating group) is 2. The van der Waals surface area contributed by atoms with Crippen LogP contribution in [0.1, 0.15) is 22.3 Å². The van der Waals surface area contributed by atoms with Gasteiger partial charge in [-0.25, -0.2) is 4.39 Å². The van der Waals surface area contributed by atoms with Crippen LogP contribution < -0.4 is 9.80 Å². The first kappa shape index (κ1) is 29.3. The first-order valence-corrected chi connectivity index (χ1v) is 13.5. The van der Waals surface area contributed by atoms with Crippen LogP contribution in [0.15, 0.2) is 101 Å². The number of carbonyl (C=O) groups excluding carboxylic acids is 2. The van der Waals surface area contributed by atoms with Crippen LogP contribution in [0.2, 0.25) is 5.02 Å². The molecule has 6 rings (SSSR count). The summed E-state index contributed by atoms with van der Waals surface area (Å²) in [5.41, 5.74) is 4.63. The summed E-state index contributed by atoms with van der Waals surface area (Å²) in [6.07, 6.45) is 0. The third-order valence-corrected chi connectivity index (χ3v) is 7.29. The van der Waals surface area contributed by atoms with Gasteiger partial charge < -0.3 is 9.80 Å². The van der Waals surface area contributed by atoms with Crippen LogP contribution in [0.4, 0.5) is 21.5 Å². The standard InChI is InChI=1S/C16H13ClN2O.C16H12FN3O3/c1-19-14-8-7-12(17)9-13(14)16(18-10-15(19)20)11-5-3-2-4-6-11;1-19-14-7-6-10(20(22)23)8-12(14)16(18-9-15(19)21)11-4-2-3-5-13(11)17/h2-9H,10H2,1H3;2-8H,9H2,1H3. The van der Waals surface area contributed by atoms with E-state index in [4.69, 9.17) is 11.6 Å². The van der Waals surface area contributed by atoms with E-state index in [9.17, 15) is 24.1 Å². The number of nitrogens with zero attached hydrogens (tertiary/aromatic N) is 5. The molecule has 0 aromatic heterocycles. The molecule has 2 aliphatic rings. The Morgan fingerprint density at radius 1 is 0.744 bits per heavy atom. The van der Waals surface area contributed by atoms with Gasteiger partial charge >= 0.3 is 0 Å². The maximum absolute atomic E-state index is 14.1. The van der Waals surface area contributed by atoms with Crippen LogP contribution >= 0.6 is 11.6 Å². The van der Waals surface area contributed by atoms with Gasteiger partial charge in [0.1, 0.15) is 18.9 Å². The molecule has 2 heterocycles. The number of benzodiazepines with no additional fused rings is 2. The van der Waals surface area contributed by atoms with Crippen molar-refractivity contribution in [2.24, 2.45) is 9.98 Å². The Bertz CT molecular complexity index is 1810. The number of nitro groups is 1. The molecule has 11 heteroatoms. The van der Waals surface area contributed by atoms with E-state index in [1.807, 2.05) is 42.5 Å². The second kappa shape index (κ2) is 12.3. The lowest BCUT2D eigenvalue weighted by atomic mass is 9.99. The van der Waals surface area contributed by atoms with E-state index in [0.717, 1.165) is 22.5 Å². The van der Waals surface area contributed by atoms with Gasteiger partial charge in [-0.1, -0.05) is 54.1 Å². The van der Waals surface area contributed by atoms with Crippen molar-refractivity contribution < 1.29 is 18.9 Å². The second-order valence-electron chi connectivity index (χ2n) is 9.70. The lowest BCUT2D eigenvalue weighted by Crippen LogP contribution is -2.27. The lowest BCUT2D eigenvalue weighted by molar-refractivity contribution is -0.384. The van der Waals surface area contributed by atoms with E-state index >= 15 is 0 Å². The Balaban J connectivity index is 0.000000173. The van der Waals surface area contributed by atoms with Gasteiger partial charge in [0.15, 0.2) is 0 Å². The average molecular weight is 598 g/mol. The molecule has 2 amide bonds. The zero-order chi connectivity index (χ0) is 30.7. The molecule has 0 spiro atoms. The summed E-state index contributed by atoms with van der Waals surface area (Å²) in [5.74, 6) is -0.799. The summed E-state index contributed by atoms with van der Waals surface area (Å²) in [6, 6.07) is 25.5. The van der Waals surface area contributed by atoms with Crippen molar-refractivity contribution in [2.75, 3.05) is 37.0 Å². The van der Waals surface area contributed by atoms with Crippen molar-refractivity contribution in [1.29, 1.82) is 0 Å². The van der Waals surface area contributed by atoms with Crippen LogP contribution in [0.3, 0.4) is 0 Å².